The molecule has 0 saturated heterocycles. The van der Waals surface area contributed by atoms with Crippen LogP contribution in [0.3, 0.4) is 0 Å². The smallest absolute Gasteiger partial charge is 0.388 e. The van der Waals surface area contributed by atoms with Gasteiger partial charge in [0.25, 0.3) is 6.17 Å². The molecule has 0 saturated carbocycles. The first-order valence-electron chi connectivity index (χ1n) is 11.6. The first kappa shape index (κ1) is 28.4. The van der Waals surface area contributed by atoms with Crippen molar-refractivity contribution in [2.24, 2.45) is 0 Å². The van der Waals surface area contributed by atoms with Crippen molar-refractivity contribution in [3.05, 3.63) is 60.7 Å². The lowest BCUT2D eigenvalue weighted by Crippen LogP contribution is -2.65. The summed E-state index contributed by atoms with van der Waals surface area (Å²) in [4.78, 5) is 0. The van der Waals surface area contributed by atoms with Crippen molar-refractivity contribution in [1.29, 1.82) is 0 Å². The van der Waals surface area contributed by atoms with E-state index < -0.39 is 33.4 Å². The van der Waals surface area contributed by atoms with Gasteiger partial charge in [-0.3, -0.25) is 0 Å². The molecule has 2 rings (SSSR count). The van der Waals surface area contributed by atoms with E-state index in [1.165, 1.54) is 6.42 Å². The zero-order valence-corrected chi connectivity index (χ0v) is 20.3. The first-order chi connectivity index (χ1) is 16.1. The SMILES string of the molecule is CCCCCCCCCO[Si](OCC(F)(F)C(F)C(F)(F)F)(c1ccccc1)c1ccccc1. The van der Waals surface area contributed by atoms with Gasteiger partial charge in [0, 0.05) is 6.61 Å². The van der Waals surface area contributed by atoms with Crippen LogP contribution in [0.15, 0.2) is 60.7 Å². The van der Waals surface area contributed by atoms with E-state index >= 15 is 0 Å². The minimum atomic E-state index is -5.70. The van der Waals surface area contributed by atoms with Crippen molar-refractivity contribution in [1.82, 2.24) is 0 Å². The topological polar surface area (TPSA) is 18.5 Å². The quantitative estimate of drug-likeness (QED) is 0.155. The summed E-state index contributed by atoms with van der Waals surface area (Å²) >= 11 is 0. The maximum absolute atomic E-state index is 14.2. The van der Waals surface area contributed by atoms with Crippen molar-refractivity contribution in [3.63, 3.8) is 0 Å². The normalized spacial score (nSPS) is 13.7. The van der Waals surface area contributed by atoms with E-state index in [1.54, 1.807) is 60.7 Å². The summed E-state index contributed by atoms with van der Waals surface area (Å²) in [5, 5.41) is 0.921. The minimum Gasteiger partial charge on any atom is -0.388 e. The van der Waals surface area contributed by atoms with Crippen LogP contribution in [0.5, 0.6) is 0 Å². The second kappa shape index (κ2) is 13.3. The molecule has 0 aliphatic carbocycles. The monoisotopic (exact) mass is 506 g/mol. The summed E-state index contributed by atoms with van der Waals surface area (Å²) in [6.07, 6.45) is -2.97. The van der Waals surface area contributed by atoms with Crippen molar-refractivity contribution in [3.8, 4) is 0 Å². The van der Waals surface area contributed by atoms with E-state index in [0.29, 0.717) is 16.8 Å². The number of hydrogen-bond donors (Lipinski definition) is 0. The third-order valence-electron chi connectivity index (χ3n) is 5.49. The zero-order valence-electron chi connectivity index (χ0n) is 19.3. The number of rotatable bonds is 15. The van der Waals surface area contributed by atoms with Crippen LogP contribution >= 0.6 is 0 Å². The molecule has 1 unspecified atom stereocenters. The van der Waals surface area contributed by atoms with Gasteiger partial charge in [0.2, 0.25) is 0 Å². The zero-order chi connectivity index (χ0) is 25.1. The number of benzene rings is 2. The van der Waals surface area contributed by atoms with Crippen molar-refractivity contribution in [2.45, 2.75) is 70.1 Å². The van der Waals surface area contributed by atoms with E-state index in [9.17, 15) is 26.3 Å². The Morgan fingerprint density at radius 3 is 1.65 bits per heavy atom. The molecule has 0 radical (unpaired) electrons. The number of unbranched alkanes of at least 4 members (excludes halogenated alkanes) is 6. The highest BCUT2D eigenvalue weighted by Crippen LogP contribution is 2.35. The lowest BCUT2D eigenvalue weighted by Gasteiger charge is -2.34. The van der Waals surface area contributed by atoms with Gasteiger partial charge in [-0.05, 0) is 16.8 Å². The van der Waals surface area contributed by atoms with Crippen molar-refractivity contribution in [2.75, 3.05) is 13.2 Å². The van der Waals surface area contributed by atoms with Gasteiger partial charge in [-0.25, -0.2) is 13.2 Å². The number of hydrogen-bond acceptors (Lipinski definition) is 2. The van der Waals surface area contributed by atoms with Gasteiger partial charge in [0.15, 0.2) is 0 Å². The minimum absolute atomic E-state index is 0.188. The molecule has 9 heteroatoms. The highest BCUT2D eigenvalue weighted by atomic mass is 28.4. The molecule has 0 aliphatic rings. The van der Waals surface area contributed by atoms with Crippen LogP contribution in [-0.2, 0) is 8.85 Å². The van der Waals surface area contributed by atoms with Crippen LogP contribution in [0.25, 0.3) is 0 Å². The Labute approximate surface area is 198 Å². The lowest BCUT2D eigenvalue weighted by atomic mass is 10.1. The highest BCUT2D eigenvalue weighted by molar-refractivity contribution is 6.92. The Morgan fingerprint density at radius 1 is 0.706 bits per heavy atom. The van der Waals surface area contributed by atoms with Gasteiger partial charge < -0.3 is 8.85 Å². The van der Waals surface area contributed by atoms with Gasteiger partial charge in [-0.2, -0.15) is 13.2 Å². The van der Waals surface area contributed by atoms with Gasteiger partial charge in [-0.15, -0.1) is 0 Å². The lowest BCUT2D eigenvalue weighted by molar-refractivity contribution is -0.251. The molecular formula is C25H32F6O2Si. The average molecular weight is 507 g/mol. The third-order valence-corrected chi connectivity index (χ3v) is 8.84. The standard InChI is InChI=1S/C25H32F6O2Si/c1-2-3-4-5-6-7-14-19-32-34(21-15-10-8-11-16-21,22-17-12-9-13-18-22)33-20-24(27,28)23(26)25(29,30)31/h8-13,15-18,23H,2-7,14,19-20H2,1H3. The first-order valence-corrected chi connectivity index (χ1v) is 13.4. The highest BCUT2D eigenvalue weighted by Gasteiger charge is 2.58. The number of halogens is 6. The molecule has 190 valence electrons. The Bertz CT molecular complexity index is 778. The molecule has 1 atom stereocenters. The molecule has 34 heavy (non-hydrogen) atoms. The van der Waals surface area contributed by atoms with Crippen LogP contribution in [0.1, 0.15) is 51.9 Å². The summed E-state index contributed by atoms with van der Waals surface area (Å²) in [6, 6.07) is 16.7. The molecule has 0 heterocycles. The van der Waals surface area contributed by atoms with E-state index in [4.69, 9.17) is 8.85 Å². The maximum Gasteiger partial charge on any atom is 0.425 e. The van der Waals surface area contributed by atoms with E-state index in [1.807, 2.05) is 0 Å². The third kappa shape index (κ3) is 8.13. The average Bonchev–Trinajstić information content (AvgIpc) is 2.83. The molecule has 0 spiro atoms. The van der Waals surface area contributed by atoms with Gasteiger partial charge >= 0.3 is 20.7 Å². The van der Waals surface area contributed by atoms with Gasteiger partial charge in [0.05, 0.1) is 0 Å². The molecular weight excluding hydrogens is 474 g/mol. The fraction of sp³-hybridized carbons (Fsp3) is 0.520. The van der Waals surface area contributed by atoms with E-state index in [2.05, 4.69) is 6.92 Å². The predicted octanol–water partition coefficient (Wildman–Crippen LogP) is 6.56. The van der Waals surface area contributed by atoms with Crippen LogP contribution in [0, 0.1) is 0 Å². The molecule has 2 aromatic carbocycles. The summed E-state index contributed by atoms with van der Waals surface area (Å²) in [6.45, 7) is 0.572. The molecule has 0 bridgehead atoms. The summed E-state index contributed by atoms with van der Waals surface area (Å²) in [5.41, 5.74) is 0. The van der Waals surface area contributed by atoms with Crippen molar-refractivity contribution >= 4 is 18.9 Å². The van der Waals surface area contributed by atoms with Gasteiger partial charge in [-0.1, -0.05) is 106 Å². The fourth-order valence-electron chi connectivity index (χ4n) is 3.64. The Balaban J connectivity index is 2.26. The van der Waals surface area contributed by atoms with Crippen LogP contribution in [0.4, 0.5) is 26.3 Å². The fourth-order valence-corrected chi connectivity index (χ4v) is 6.82. The summed E-state index contributed by atoms with van der Waals surface area (Å²) in [5.74, 6) is -4.76. The summed E-state index contributed by atoms with van der Waals surface area (Å²) < 4.78 is 91.8. The Kier molecular flexibility index (Phi) is 11.1. The Morgan fingerprint density at radius 2 is 1.18 bits per heavy atom. The molecule has 0 aromatic heterocycles. The van der Waals surface area contributed by atoms with Gasteiger partial charge in [0.1, 0.15) is 6.61 Å². The molecule has 2 nitrogen and oxygen atoms in total. The molecule has 0 fully saturated rings. The van der Waals surface area contributed by atoms with E-state index in [-0.39, 0.29) is 6.61 Å². The Hall–Kier alpha value is -1.84. The second-order valence-electron chi connectivity index (χ2n) is 8.27. The van der Waals surface area contributed by atoms with Crippen LogP contribution in [0.2, 0.25) is 0 Å². The van der Waals surface area contributed by atoms with Crippen LogP contribution < -0.4 is 10.4 Å². The molecule has 0 aliphatic heterocycles. The summed E-state index contributed by atoms with van der Waals surface area (Å²) in [7, 11) is -3.86. The number of alkyl halides is 6. The predicted molar refractivity (Wildman–Crippen MR) is 124 cm³/mol. The van der Waals surface area contributed by atoms with Crippen molar-refractivity contribution < 1.29 is 35.2 Å². The molecule has 0 N–H and O–H groups in total. The largest absolute Gasteiger partial charge is 0.425 e. The molecule has 0 amide bonds. The maximum atomic E-state index is 14.2. The van der Waals surface area contributed by atoms with E-state index in [0.717, 1.165) is 32.1 Å². The second-order valence-corrected chi connectivity index (χ2v) is 11.2. The van der Waals surface area contributed by atoms with Crippen LogP contribution in [-0.4, -0.2) is 40.0 Å². The molecule has 2 aromatic rings.